The van der Waals surface area contributed by atoms with Gasteiger partial charge >= 0.3 is 0 Å². The summed E-state index contributed by atoms with van der Waals surface area (Å²) in [5.41, 5.74) is 0. The molecule has 4 nitrogen and oxygen atoms in total. The fourth-order valence-electron chi connectivity index (χ4n) is 1.68. The normalized spacial score (nSPS) is 16.1. The monoisotopic (exact) mass is 264 g/mol. The lowest BCUT2D eigenvalue weighted by molar-refractivity contribution is 0.485. The second kappa shape index (κ2) is 8.06. The Morgan fingerprint density at radius 1 is 1.06 bits per heavy atom. The quantitative estimate of drug-likeness (QED) is 0.667. The van der Waals surface area contributed by atoms with Crippen LogP contribution in [0.1, 0.15) is 47.0 Å². The molecular weight excluding hydrogens is 236 g/mol. The molecule has 0 aromatic carbocycles. The van der Waals surface area contributed by atoms with Crippen molar-refractivity contribution in [3.05, 3.63) is 0 Å². The highest BCUT2D eigenvalue weighted by molar-refractivity contribution is 7.90. The highest BCUT2D eigenvalue weighted by Crippen LogP contribution is 2.09. The van der Waals surface area contributed by atoms with Crippen LogP contribution in [0.5, 0.6) is 0 Å². The maximum absolute atomic E-state index is 11.9. The summed E-state index contributed by atoms with van der Waals surface area (Å²) in [5.74, 6) is 0.682. The van der Waals surface area contributed by atoms with E-state index in [0.717, 1.165) is 19.3 Å². The van der Waals surface area contributed by atoms with E-state index in [4.69, 9.17) is 0 Å². The predicted octanol–water partition coefficient (Wildman–Crippen LogP) is 1.73. The Morgan fingerprint density at radius 3 is 2.12 bits per heavy atom. The van der Waals surface area contributed by atoms with Crippen LogP contribution in [0.15, 0.2) is 0 Å². The average Bonchev–Trinajstić information content (AvgIpc) is 2.16. The van der Waals surface area contributed by atoms with E-state index >= 15 is 0 Å². The van der Waals surface area contributed by atoms with Gasteiger partial charge in [0.05, 0.1) is 5.25 Å². The third-order valence-electron chi connectivity index (χ3n) is 2.81. The standard InChI is InChI=1S/C12H28N2O2S/c1-10(2)7-6-8-11(3)14-17(15,16)12(4)9-13-5/h10-14H,6-9H2,1-5H3. The molecule has 5 heteroatoms. The van der Waals surface area contributed by atoms with Crippen molar-refractivity contribution in [1.82, 2.24) is 10.0 Å². The number of hydrogen-bond acceptors (Lipinski definition) is 3. The third kappa shape index (κ3) is 7.73. The Morgan fingerprint density at radius 2 is 1.65 bits per heavy atom. The molecule has 2 N–H and O–H groups in total. The van der Waals surface area contributed by atoms with E-state index in [9.17, 15) is 8.42 Å². The Kier molecular flexibility index (Phi) is 8.00. The highest BCUT2D eigenvalue weighted by atomic mass is 32.2. The second-order valence-corrected chi connectivity index (χ2v) is 7.39. The van der Waals surface area contributed by atoms with Crippen molar-refractivity contribution < 1.29 is 8.42 Å². The molecule has 104 valence electrons. The lowest BCUT2D eigenvalue weighted by atomic mass is 10.0. The summed E-state index contributed by atoms with van der Waals surface area (Å²) in [7, 11) is -1.42. The van der Waals surface area contributed by atoms with Crippen molar-refractivity contribution in [3.63, 3.8) is 0 Å². The minimum atomic E-state index is -3.18. The zero-order valence-corrected chi connectivity index (χ0v) is 12.6. The summed E-state index contributed by atoms with van der Waals surface area (Å²) in [6, 6.07) is 0.0260. The molecule has 0 aliphatic carbocycles. The molecule has 0 heterocycles. The molecule has 0 fully saturated rings. The summed E-state index contributed by atoms with van der Waals surface area (Å²) in [5, 5.41) is 2.50. The van der Waals surface area contributed by atoms with Gasteiger partial charge in [-0.3, -0.25) is 0 Å². The van der Waals surface area contributed by atoms with Crippen molar-refractivity contribution in [2.45, 2.75) is 58.2 Å². The number of nitrogens with one attached hydrogen (secondary N) is 2. The molecule has 0 aliphatic rings. The summed E-state index contributed by atoms with van der Waals surface area (Å²) < 4.78 is 26.5. The van der Waals surface area contributed by atoms with E-state index in [1.165, 1.54) is 0 Å². The minimum Gasteiger partial charge on any atom is -0.318 e. The highest BCUT2D eigenvalue weighted by Gasteiger charge is 2.21. The smallest absolute Gasteiger partial charge is 0.215 e. The molecule has 0 rings (SSSR count). The van der Waals surface area contributed by atoms with Crippen LogP contribution in [-0.4, -0.2) is 33.3 Å². The van der Waals surface area contributed by atoms with Gasteiger partial charge in [-0.25, -0.2) is 13.1 Å². The molecule has 0 spiro atoms. The first-order valence-corrected chi connectivity index (χ1v) is 8.00. The SMILES string of the molecule is CNCC(C)S(=O)(=O)NC(C)CCCC(C)C. The van der Waals surface area contributed by atoms with Crippen LogP contribution in [0.2, 0.25) is 0 Å². The van der Waals surface area contributed by atoms with E-state index in [0.29, 0.717) is 12.5 Å². The zero-order chi connectivity index (χ0) is 13.5. The fourth-order valence-corrected chi connectivity index (χ4v) is 2.98. The van der Waals surface area contributed by atoms with E-state index in [1.807, 2.05) is 6.92 Å². The molecule has 0 amide bonds. The molecule has 17 heavy (non-hydrogen) atoms. The zero-order valence-electron chi connectivity index (χ0n) is 11.8. The van der Waals surface area contributed by atoms with Gasteiger partial charge < -0.3 is 5.32 Å². The largest absolute Gasteiger partial charge is 0.318 e. The number of hydrogen-bond donors (Lipinski definition) is 2. The van der Waals surface area contributed by atoms with Gasteiger partial charge in [0.15, 0.2) is 0 Å². The van der Waals surface area contributed by atoms with Crippen molar-refractivity contribution in [2.24, 2.45) is 5.92 Å². The van der Waals surface area contributed by atoms with Crippen molar-refractivity contribution in [2.75, 3.05) is 13.6 Å². The first kappa shape index (κ1) is 16.9. The topological polar surface area (TPSA) is 58.2 Å². The van der Waals surface area contributed by atoms with Gasteiger partial charge in [-0.1, -0.05) is 26.7 Å². The molecule has 0 aliphatic heterocycles. The van der Waals surface area contributed by atoms with Crippen LogP contribution < -0.4 is 10.0 Å². The lowest BCUT2D eigenvalue weighted by Crippen LogP contribution is -2.42. The molecule has 2 atom stereocenters. The second-order valence-electron chi connectivity index (χ2n) is 5.26. The van der Waals surface area contributed by atoms with Gasteiger partial charge in [-0.2, -0.15) is 0 Å². The van der Waals surface area contributed by atoms with Gasteiger partial charge in [0.2, 0.25) is 10.0 Å². The van der Waals surface area contributed by atoms with Crippen LogP contribution in [0.25, 0.3) is 0 Å². The summed E-state index contributed by atoms with van der Waals surface area (Å²) >= 11 is 0. The van der Waals surface area contributed by atoms with Crippen LogP contribution in [0.4, 0.5) is 0 Å². The average molecular weight is 264 g/mol. The lowest BCUT2D eigenvalue weighted by Gasteiger charge is -2.18. The number of rotatable bonds is 9. The van der Waals surface area contributed by atoms with Crippen LogP contribution in [0.3, 0.4) is 0 Å². The fraction of sp³-hybridized carbons (Fsp3) is 1.00. The Balaban J connectivity index is 4.05. The predicted molar refractivity (Wildman–Crippen MR) is 73.6 cm³/mol. The molecule has 0 saturated carbocycles. The van der Waals surface area contributed by atoms with Crippen molar-refractivity contribution in [1.29, 1.82) is 0 Å². The number of sulfonamides is 1. The minimum absolute atomic E-state index is 0.0260. The molecule has 0 aromatic rings. The first-order valence-electron chi connectivity index (χ1n) is 6.45. The first-order chi connectivity index (χ1) is 7.79. The molecule has 0 aromatic heterocycles. The Labute approximate surface area is 107 Å². The van der Waals surface area contributed by atoms with Gasteiger partial charge in [-0.15, -0.1) is 0 Å². The summed E-state index contributed by atoms with van der Waals surface area (Å²) in [6.45, 7) is 8.51. The van der Waals surface area contributed by atoms with Crippen LogP contribution in [-0.2, 0) is 10.0 Å². The van der Waals surface area contributed by atoms with E-state index in [2.05, 4.69) is 23.9 Å². The van der Waals surface area contributed by atoms with Gasteiger partial charge in [0.25, 0.3) is 0 Å². The van der Waals surface area contributed by atoms with Crippen LogP contribution in [0, 0.1) is 5.92 Å². The maximum atomic E-state index is 11.9. The molecule has 0 radical (unpaired) electrons. The third-order valence-corrected chi connectivity index (χ3v) is 4.76. The molecule has 0 bridgehead atoms. The maximum Gasteiger partial charge on any atom is 0.215 e. The molecule has 0 saturated heterocycles. The van der Waals surface area contributed by atoms with Crippen molar-refractivity contribution in [3.8, 4) is 0 Å². The van der Waals surface area contributed by atoms with Gasteiger partial charge in [-0.05, 0) is 33.2 Å². The van der Waals surface area contributed by atoms with Gasteiger partial charge in [0, 0.05) is 12.6 Å². The van der Waals surface area contributed by atoms with E-state index in [1.54, 1.807) is 14.0 Å². The van der Waals surface area contributed by atoms with Gasteiger partial charge in [0.1, 0.15) is 0 Å². The summed E-state index contributed by atoms with van der Waals surface area (Å²) in [4.78, 5) is 0. The molecular formula is C12H28N2O2S. The van der Waals surface area contributed by atoms with Crippen LogP contribution >= 0.6 is 0 Å². The van der Waals surface area contributed by atoms with Crippen molar-refractivity contribution >= 4 is 10.0 Å². The summed E-state index contributed by atoms with van der Waals surface area (Å²) in [6.07, 6.45) is 3.13. The molecule has 2 unspecified atom stereocenters. The van der Waals surface area contributed by atoms with E-state index < -0.39 is 10.0 Å². The Bertz CT molecular complexity index is 289. The van der Waals surface area contributed by atoms with E-state index in [-0.39, 0.29) is 11.3 Å². The Hall–Kier alpha value is -0.130.